The molecule has 0 rings (SSSR count). The van der Waals surface area contributed by atoms with Crippen molar-refractivity contribution in [3.8, 4) is 0 Å². The minimum atomic E-state index is -0.750. The van der Waals surface area contributed by atoms with Crippen LogP contribution in [-0.4, -0.2) is 45.8 Å². The van der Waals surface area contributed by atoms with Gasteiger partial charge in [0, 0.05) is 0 Å². The third-order valence-electron chi connectivity index (χ3n) is 0.1000. The van der Waals surface area contributed by atoms with E-state index in [1.165, 1.54) is 0 Å². The molecule has 0 aromatic carbocycles. The topological polar surface area (TPSA) is 133 Å². The van der Waals surface area contributed by atoms with E-state index in [2.05, 4.69) is 0 Å². The van der Waals surface area contributed by atoms with E-state index >= 15 is 0 Å². The average Bonchev–Trinajstić information content (AvgIpc) is 2.05. The summed E-state index contributed by atoms with van der Waals surface area (Å²) in [6, 6.07) is 0. The van der Waals surface area contributed by atoms with Crippen LogP contribution < -0.4 is 20.4 Å². The second-order valence-corrected chi connectivity index (χ2v) is 8.90. The molecule has 0 aliphatic heterocycles. The van der Waals surface area contributed by atoms with Gasteiger partial charge >= 0.3 is 26.2 Å². The summed E-state index contributed by atoms with van der Waals surface area (Å²) >= 11 is 0. The molecule has 0 aliphatic rings. The Bertz CT molecular complexity index is 158. The average molecular weight is 446 g/mol. The van der Waals surface area contributed by atoms with E-state index in [4.69, 9.17) is 10.2 Å². The van der Waals surface area contributed by atoms with Gasteiger partial charge in [0.25, 0.3) is 0 Å². The van der Waals surface area contributed by atoms with Crippen LogP contribution in [0.1, 0.15) is 83.1 Å². The minimum absolute atomic E-state index is 0. The molecule has 7 heteroatoms. The third-order valence-corrected chi connectivity index (χ3v) is 0.1000. The first-order chi connectivity index (χ1) is 9.91. The van der Waals surface area contributed by atoms with Crippen molar-refractivity contribution >= 4 is 0 Å². The fourth-order valence-corrected chi connectivity index (χ4v) is 0. The normalized spacial score (nSPS) is 10.8. The summed E-state index contributed by atoms with van der Waals surface area (Å²) in [5, 5.41) is 55.7. The van der Waals surface area contributed by atoms with Crippen molar-refractivity contribution in [2.75, 3.05) is 13.2 Å². The molecule has 0 heterocycles. The molecule has 0 aromatic heterocycles. The van der Waals surface area contributed by atoms with Crippen LogP contribution >= 0.6 is 0 Å². The Balaban J connectivity index is -0.0000000448. The molecular weight excluding hydrogens is 403 g/mol. The SMILES string of the molecule is CC(C)(C)[O-].CC(C)(C)[O-].CC(C)(C)[O-].CC(C)(C)[O-].OCCO.[Zr+4]. The molecule has 0 bridgehead atoms. The number of aliphatic hydroxyl groups is 2. The van der Waals surface area contributed by atoms with E-state index in [1.54, 1.807) is 83.1 Å². The van der Waals surface area contributed by atoms with Gasteiger partial charge in [-0.1, -0.05) is 83.1 Å². The van der Waals surface area contributed by atoms with Crippen LogP contribution in [0.3, 0.4) is 0 Å². The molecule has 0 aliphatic carbocycles. The molecule has 0 fully saturated rings. The molecule has 25 heavy (non-hydrogen) atoms. The van der Waals surface area contributed by atoms with E-state index in [1.807, 2.05) is 0 Å². The van der Waals surface area contributed by atoms with Gasteiger partial charge in [-0.05, 0) is 0 Å². The predicted octanol–water partition coefficient (Wildman–Crippen LogP) is -0.451. The van der Waals surface area contributed by atoms with Gasteiger partial charge in [0.15, 0.2) is 0 Å². The van der Waals surface area contributed by atoms with E-state index in [0.29, 0.717) is 0 Å². The molecule has 0 unspecified atom stereocenters. The second kappa shape index (κ2) is 19.4. The molecule has 0 saturated heterocycles. The van der Waals surface area contributed by atoms with Gasteiger partial charge in [-0.25, -0.2) is 0 Å². The van der Waals surface area contributed by atoms with Gasteiger partial charge in [0.2, 0.25) is 0 Å². The van der Waals surface area contributed by atoms with Crippen LogP contribution in [0, 0.1) is 0 Å². The standard InChI is InChI=1S/4C4H9O.C2H6O2.Zr/c4*1-4(2,3)5;3-1-2-4;/h4*1-3H3;3-4H,1-2H2;/q4*-1;;+4. The molecule has 0 spiro atoms. The maximum absolute atomic E-state index is 10.1. The summed E-state index contributed by atoms with van der Waals surface area (Å²) in [6.07, 6.45) is 0. The monoisotopic (exact) mass is 444 g/mol. The van der Waals surface area contributed by atoms with Crippen LogP contribution in [-0.2, 0) is 26.2 Å². The van der Waals surface area contributed by atoms with Crippen molar-refractivity contribution < 1.29 is 56.8 Å². The smallest absolute Gasteiger partial charge is 0.850 e. The van der Waals surface area contributed by atoms with Crippen LogP contribution in [0.5, 0.6) is 0 Å². The predicted molar refractivity (Wildman–Crippen MR) is 93.2 cm³/mol. The van der Waals surface area contributed by atoms with Crippen molar-refractivity contribution in [3.63, 3.8) is 0 Å². The Hall–Kier alpha value is 0.643. The van der Waals surface area contributed by atoms with Crippen molar-refractivity contribution in [1.29, 1.82) is 0 Å². The largest absolute Gasteiger partial charge is 4.00 e. The van der Waals surface area contributed by atoms with Crippen LogP contribution in [0.4, 0.5) is 0 Å². The van der Waals surface area contributed by atoms with Crippen LogP contribution in [0.25, 0.3) is 0 Å². The maximum atomic E-state index is 10.1. The zero-order valence-electron chi connectivity index (χ0n) is 18.4. The first-order valence-corrected chi connectivity index (χ1v) is 7.95. The molecule has 0 atom stereocenters. The summed E-state index contributed by atoms with van der Waals surface area (Å²) < 4.78 is 0. The molecule has 0 amide bonds. The Labute approximate surface area is 175 Å². The zero-order valence-corrected chi connectivity index (χ0v) is 20.9. The number of aliphatic hydroxyl groups excluding tert-OH is 2. The number of hydrogen-bond donors (Lipinski definition) is 2. The summed E-state index contributed by atoms with van der Waals surface area (Å²) in [6.45, 7) is 19.3. The molecule has 154 valence electrons. The Morgan fingerprint density at radius 1 is 0.440 bits per heavy atom. The third kappa shape index (κ3) is 4680. The molecule has 0 saturated carbocycles. The molecular formula is C18H42O6Zr. The summed E-state index contributed by atoms with van der Waals surface area (Å²) in [4.78, 5) is 0. The van der Waals surface area contributed by atoms with Gasteiger partial charge in [0.05, 0.1) is 13.2 Å². The fraction of sp³-hybridized carbons (Fsp3) is 1.00. The van der Waals surface area contributed by atoms with E-state index < -0.39 is 22.4 Å². The van der Waals surface area contributed by atoms with Crippen molar-refractivity contribution in [1.82, 2.24) is 0 Å². The summed E-state index contributed by atoms with van der Waals surface area (Å²) in [5.41, 5.74) is -3.00. The van der Waals surface area contributed by atoms with Crippen molar-refractivity contribution in [3.05, 3.63) is 0 Å². The zero-order chi connectivity index (χ0) is 21.4. The number of hydrogen-bond acceptors (Lipinski definition) is 6. The van der Waals surface area contributed by atoms with Gasteiger partial charge in [-0.2, -0.15) is 0 Å². The Morgan fingerprint density at radius 2 is 0.480 bits per heavy atom. The van der Waals surface area contributed by atoms with E-state index in [9.17, 15) is 20.4 Å². The summed E-state index contributed by atoms with van der Waals surface area (Å²) in [5.74, 6) is 0. The quantitative estimate of drug-likeness (QED) is 0.561. The molecule has 6 nitrogen and oxygen atoms in total. The van der Waals surface area contributed by atoms with Gasteiger partial charge in [-0.15, -0.1) is 22.4 Å². The molecule has 2 N–H and O–H groups in total. The fourth-order valence-electron chi connectivity index (χ4n) is 0. The second-order valence-electron chi connectivity index (χ2n) is 8.90. The first kappa shape index (κ1) is 40.4. The van der Waals surface area contributed by atoms with Crippen molar-refractivity contribution in [2.45, 2.75) is 105 Å². The number of rotatable bonds is 1. The Kier molecular flexibility index (Phi) is 31.3. The Morgan fingerprint density at radius 3 is 0.480 bits per heavy atom. The van der Waals surface area contributed by atoms with Gasteiger partial charge in [0.1, 0.15) is 0 Å². The molecule has 0 aromatic rings. The van der Waals surface area contributed by atoms with Crippen LogP contribution in [0.2, 0.25) is 0 Å². The van der Waals surface area contributed by atoms with Crippen LogP contribution in [0.15, 0.2) is 0 Å². The molecule has 0 radical (unpaired) electrons. The van der Waals surface area contributed by atoms with Crippen molar-refractivity contribution in [2.24, 2.45) is 0 Å². The first-order valence-electron chi connectivity index (χ1n) is 7.95. The maximum Gasteiger partial charge on any atom is 4.00 e. The van der Waals surface area contributed by atoms with E-state index in [0.717, 1.165) is 0 Å². The summed E-state index contributed by atoms with van der Waals surface area (Å²) in [7, 11) is 0. The van der Waals surface area contributed by atoms with E-state index in [-0.39, 0.29) is 39.4 Å². The van der Waals surface area contributed by atoms with Gasteiger partial charge < -0.3 is 30.6 Å². The van der Waals surface area contributed by atoms with Gasteiger partial charge in [-0.3, -0.25) is 0 Å². The minimum Gasteiger partial charge on any atom is -0.850 e.